The summed E-state index contributed by atoms with van der Waals surface area (Å²) in [6.45, 7) is 0. The molecule has 68 valence electrons. The molecule has 0 aliphatic carbocycles. The number of fused-ring (bicyclic) bond motifs is 1. The van der Waals surface area contributed by atoms with E-state index in [0.29, 0.717) is 10.5 Å². The number of aromatic nitrogens is 1. The van der Waals surface area contributed by atoms with Gasteiger partial charge in [0.05, 0.1) is 15.8 Å². The van der Waals surface area contributed by atoms with Crippen LogP contribution in [0.2, 0.25) is 0 Å². The Morgan fingerprint density at radius 3 is 3.00 bits per heavy atom. The third-order valence-corrected chi connectivity index (χ3v) is 2.65. The predicted octanol–water partition coefficient (Wildman–Crippen LogP) is 1.87. The van der Waals surface area contributed by atoms with Crippen LogP contribution >= 0.6 is 11.3 Å². The molecule has 14 heavy (non-hydrogen) atoms. The van der Waals surface area contributed by atoms with E-state index in [1.165, 1.54) is 23.5 Å². The van der Waals surface area contributed by atoms with E-state index in [9.17, 15) is 4.79 Å². The van der Waals surface area contributed by atoms with Gasteiger partial charge < -0.3 is 5.11 Å². The maximum absolute atomic E-state index is 10.6. The number of nitrogens with zero attached hydrogens (tertiary/aromatic N) is 2. The summed E-state index contributed by atoms with van der Waals surface area (Å²) in [5, 5.41) is 17.7. The Hall–Kier alpha value is -1.93. The minimum absolute atomic E-state index is 0.214. The zero-order valence-corrected chi connectivity index (χ0v) is 7.71. The van der Waals surface area contributed by atoms with Crippen molar-refractivity contribution >= 4 is 27.5 Å². The van der Waals surface area contributed by atoms with Gasteiger partial charge in [0.1, 0.15) is 6.07 Å². The highest BCUT2D eigenvalue weighted by atomic mass is 32.1. The largest absolute Gasteiger partial charge is 0.478 e. The molecule has 0 spiro atoms. The maximum atomic E-state index is 10.6. The molecule has 0 fully saturated rings. The Bertz CT molecular complexity index is 553. The van der Waals surface area contributed by atoms with Crippen LogP contribution in [0.5, 0.6) is 0 Å². The fourth-order valence-electron chi connectivity index (χ4n) is 1.11. The van der Waals surface area contributed by atoms with Crippen LogP contribution in [-0.4, -0.2) is 16.1 Å². The van der Waals surface area contributed by atoms with Crippen molar-refractivity contribution < 1.29 is 9.90 Å². The number of hydrogen-bond donors (Lipinski definition) is 1. The Balaban J connectivity index is 2.66. The Morgan fingerprint density at radius 2 is 2.36 bits per heavy atom. The third-order valence-electron chi connectivity index (χ3n) is 1.73. The van der Waals surface area contributed by atoms with Gasteiger partial charge in [-0.3, -0.25) is 0 Å². The van der Waals surface area contributed by atoms with Crippen molar-refractivity contribution in [3.8, 4) is 6.07 Å². The molecular weight excluding hydrogens is 200 g/mol. The molecule has 0 atom stereocenters. The van der Waals surface area contributed by atoms with E-state index >= 15 is 0 Å². The van der Waals surface area contributed by atoms with Crippen molar-refractivity contribution in [2.24, 2.45) is 0 Å². The Morgan fingerprint density at radius 1 is 1.57 bits per heavy atom. The molecule has 1 aromatic heterocycles. The first kappa shape index (κ1) is 8.66. The quantitative estimate of drug-likeness (QED) is 0.769. The average Bonchev–Trinajstić information content (AvgIpc) is 2.58. The fourth-order valence-corrected chi connectivity index (χ4v) is 1.91. The van der Waals surface area contributed by atoms with Gasteiger partial charge in [0, 0.05) is 0 Å². The monoisotopic (exact) mass is 204 g/mol. The highest BCUT2D eigenvalue weighted by molar-refractivity contribution is 7.19. The number of nitriles is 1. The van der Waals surface area contributed by atoms with E-state index in [1.807, 2.05) is 6.07 Å². The number of rotatable bonds is 1. The van der Waals surface area contributed by atoms with Crippen LogP contribution in [0.25, 0.3) is 10.2 Å². The molecule has 0 radical (unpaired) electrons. The second-order valence-electron chi connectivity index (χ2n) is 2.62. The summed E-state index contributed by atoms with van der Waals surface area (Å²) < 4.78 is 0.724. The van der Waals surface area contributed by atoms with Gasteiger partial charge in [-0.2, -0.15) is 5.26 Å². The van der Waals surface area contributed by atoms with Crippen LogP contribution in [0.3, 0.4) is 0 Å². The normalized spacial score (nSPS) is 9.93. The van der Waals surface area contributed by atoms with Gasteiger partial charge in [0.15, 0.2) is 5.01 Å². The second kappa shape index (κ2) is 3.09. The zero-order chi connectivity index (χ0) is 10.1. The smallest absolute Gasteiger partial charge is 0.335 e. The summed E-state index contributed by atoms with van der Waals surface area (Å²) in [5.41, 5.74) is 0.877. The molecule has 5 heteroatoms. The van der Waals surface area contributed by atoms with Crippen molar-refractivity contribution in [2.75, 3.05) is 0 Å². The van der Waals surface area contributed by atoms with E-state index in [0.717, 1.165) is 4.70 Å². The van der Waals surface area contributed by atoms with Crippen LogP contribution in [-0.2, 0) is 0 Å². The van der Waals surface area contributed by atoms with E-state index in [1.54, 1.807) is 6.07 Å². The number of benzene rings is 1. The number of hydrogen-bond acceptors (Lipinski definition) is 4. The average molecular weight is 204 g/mol. The summed E-state index contributed by atoms with van der Waals surface area (Å²) >= 11 is 1.19. The molecule has 2 aromatic rings. The van der Waals surface area contributed by atoms with Gasteiger partial charge in [-0.1, -0.05) is 0 Å². The molecule has 0 bridgehead atoms. The summed E-state index contributed by atoms with van der Waals surface area (Å²) in [4.78, 5) is 14.6. The lowest BCUT2D eigenvalue weighted by atomic mass is 10.2. The minimum Gasteiger partial charge on any atom is -0.478 e. The first-order valence-corrected chi connectivity index (χ1v) is 4.56. The van der Waals surface area contributed by atoms with Crippen molar-refractivity contribution in [3.63, 3.8) is 0 Å². The summed E-state index contributed by atoms with van der Waals surface area (Å²) in [6, 6.07) is 6.53. The number of thiazole rings is 1. The highest BCUT2D eigenvalue weighted by Gasteiger charge is 2.07. The van der Waals surface area contributed by atoms with Gasteiger partial charge in [0.25, 0.3) is 0 Å². The van der Waals surface area contributed by atoms with Crippen molar-refractivity contribution in [2.45, 2.75) is 0 Å². The van der Waals surface area contributed by atoms with Gasteiger partial charge in [-0.25, -0.2) is 9.78 Å². The molecular formula is C9H4N2O2S. The van der Waals surface area contributed by atoms with Crippen molar-refractivity contribution in [1.82, 2.24) is 4.98 Å². The third kappa shape index (κ3) is 1.32. The standard InChI is InChI=1S/C9H4N2O2S/c10-4-8-11-6-2-1-5(9(12)13)3-7(6)14-8/h1-3H,(H,12,13). The molecule has 0 amide bonds. The number of carboxylic acids is 1. The van der Waals surface area contributed by atoms with Crippen LogP contribution in [0.1, 0.15) is 15.4 Å². The van der Waals surface area contributed by atoms with Crippen molar-refractivity contribution in [3.05, 3.63) is 28.8 Å². The number of carboxylic acid groups (broad SMARTS) is 1. The predicted molar refractivity (Wildman–Crippen MR) is 51.3 cm³/mol. The van der Waals surface area contributed by atoms with Crippen LogP contribution < -0.4 is 0 Å². The molecule has 1 N–H and O–H groups in total. The SMILES string of the molecule is N#Cc1nc2ccc(C(=O)O)cc2s1. The van der Waals surface area contributed by atoms with Gasteiger partial charge >= 0.3 is 5.97 Å². The number of aromatic carboxylic acids is 1. The lowest BCUT2D eigenvalue weighted by Crippen LogP contribution is -1.94. The van der Waals surface area contributed by atoms with Gasteiger partial charge in [0.2, 0.25) is 0 Å². The van der Waals surface area contributed by atoms with Gasteiger partial charge in [-0.15, -0.1) is 11.3 Å². The van der Waals surface area contributed by atoms with Crippen LogP contribution in [0, 0.1) is 11.3 Å². The van der Waals surface area contributed by atoms with Crippen molar-refractivity contribution in [1.29, 1.82) is 5.26 Å². The molecule has 0 saturated heterocycles. The zero-order valence-electron chi connectivity index (χ0n) is 6.89. The molecule has 2 rings (SSSR count). The lowest BCUT2D eigenvalue weighted by molar-refractivity contribution is 0.0697. The highest BCUT2D eigenvalue weighted by Crippen LogP contribution is 2.22. The Labute approximate surface area is 83.1 Å². The van der Waals surface area contributed by atoms with Gasteiger partial charge in [-0.05, 0) is 18.2 Å². The first-order chi connectivity index (χ1) is 6.70. The fraction of sp³-hybridized carbons (Fsp3) is 0. The molecule has 0 saturated carbocycles. The van der Waals surface area contributed by atoms with E-state index in [2.05, 4.69) is 4.98 Å². The van der Waals surface area contributed by atoms with E-state index < -0.39 is 5.97 Å². The summed E-state index contributed by atoms with van der Waals surface area (Å²) in [7, 11) is 0. The summed E-state index contributed by atoms with van der Waals surface area (Å²) in [6.07, 6.45) is 0. The van der Waals surface area contributed by atoms with E-state index in [-0.39, 0.29) is 5.56 Å². The lowest BCUT2D eigenvalue weighted by Gasteiger charge is -1.91. The first-order valence-electron chi connectivity index (χ1n) is 3.74. The molecule has 0 aliphatic heterocycles. The van der Waals surface area contributed by atoms with Crippen LogP contribution in [0.15, 0.2) is 18.2 Å². The molecule has 0 aliphatic rings. The molecule has 0 unspecified atom stereocenters. The minimum atomic E-state index is -0.973. The number of carbonyl (C=O) groups is 1. The summed E-state index contributed by atoms with van der Waals surface area (Å²) in [5.74, 6) is -0.973. The topological polar surface area (TPSA) is 74.0 Å². The molecule has 4 nitrogen and oxygen atoms in total. The molecule has 1 aromatic carbocycles. The van der Waals surface area contributed by atoms with E-state index in [4.69, 9.17) is 10.4 Å². The second-order valence-corrected chi connectivity index (χ2v) is 3.65. The van der Waals surface area contributed by atoms with Crippen LogP contribution in [0.4, 0.5) is 0 Å². The molecule has 1 heterocycles. The Kier molecular flexibility index (Phi) is 1.91. The maximum Gasteiger partial charge on any atom is 0.335 e.